The first-order chi connectivity index (χ1) is 15.6. The van der Waals surface area contributed by atoms with Gasteiger partial charge in [-0.15, -0.1) is 0 Å². The molecule has 0 heterocycles. The molecule has 2 unspecified atom stereocenters. The molecule has 2 atom stereocenters. The van der Waals surface area contributed by atoms with Crippen LogP contribution in [0.4, 0.5) is 0 Å². The molecule has 0 fully saturated rings. The lowest BCUT2D eigenvalue weighted by Crippen LogP contribution is -2.44. The number of nitrogens with zero attached hydrogens (tertiary/aromatic N) is 2. The monoisotopic (exact) mass is 606 g/mol. The second-order valence-corrected chi connectivity index (χ2v) is 17.1. The highest BCUT2D eigenvalue weighted by atomic mass is 31.2. The van der Waals surface area contributed by atoms with Gasteiger partial charge in [0.15, 0.2) is 0 Å². The molecular weight excluding hydrogens is 564 g/mol. The van der Waals surface area contributed by atoms with E-state index >= 15 is 0 Å². The van der Waals surface area contributed by atoms with E-state index in [4.69, 9.17) is 4.74 Å². The first-order valence-electron chi connectivity index (χ1n) is 10.9. The van der Waals surface area contributed by atoms with Crippen molar-refractivity contribution in [1.29, 1.82) is 0 Å². The molecule has 15 nitrogen and oxygen atoms in total. The molecule has 0 aromatic heterocycles. The van der Waals surface area contributed by atoms with Gasteiger partial charge in [-0.05, 0) is 31.1 Å². The first-order valence-corrected chi connectivity index (χ1v) is 18.1. The van der Waals surface area contributed by atoms with Crippen molar-refractivity contribution in [2.75, 3.05) is 44.8 Å². The molecule has 0 rings (SSSR count). The average Bonchev–Trinajstić information content (AvgIpc) is 2.52. The Morgan fingerprint density at radius 1 is 0.639 bits per heavy atom. The van der Waals surface area contributed by atoms with Crippen molar-refractivity contribution in [2.24, 2.45) is 17.3 Å². The zero-order chi connectivity index (χ0) is 29.0. The number of hydrogen-bond acceptors (Lipinski definition) is 7. The molecule has 0 aromatic rings. The van der Waals surface area contributed by atoms with Crippen LogP contribution < -0.4 is 0 Å². The van der Waals surface area contributed by atoms with E-state index in [9.17, 15) is 57.4 Å². The predicted molar refractivity (Wildman–Crippen MR) is 133 cm³/mol. The number of hydrogen-bond donors (Lipinski definition) is 8. The van der Waals surface area contributed by atoms with Crippen LogP contribution in [0.1, 0.15) is 41.5 Å². The molecule has 0 saturated carbocycles. The largest absolute Gasteiger partial charge is 0.375 e. The lowest BCUT2D eigenvalue weighted by molar-refractivity contribution is -0.0880. The molecule has 19 heteroatoms. The summed E-state index contributed by atoms with van der Waals surface area (Å²) in [7, 11) is -18.4. The normalized spacial score (nSPS) is 16.6. The van der Waals surface area contributed by atoms with Crippen LogP contribution in [0, 0.1) is 17.3 Å². The van der Waals surface area contributed by atoms with E-state index in [0.29, 0.717) is 0 Å². The maximum Gasteiger partial charge on any atom is 0.339 e. The number of ether oxygens (including phenoxy) is 1. The van der Waals surface area contributed by atoms with Gasteiger partial charge in [0.25, 0.3) is 0 Å². The molecular formula is C17H42N2O13P4. The third-order valence-electron chi connectivity index (χ3n) is 5.93. The average molecular weight is 606 g/mol. The molecule has 218 valence electrons. The van der Waals surface area contributed by atoms with Crippen LogP contribution in [0.3, 0.4) is 0 Å². The summed E-state index contributed by atoms with van der Waals surface area (Å²) in [6, 6.07) is 0. The second-order valence-electron chi connectivity index (χ2n) is 10.6. The Kier molecular flexibility index (Phi) is 13.4. The van der Waals surface area contributed by atoms with Gasteiger partial charge in [0.2, 0.25) is 0 Å². The summed E-state index contributed by atoms with van der Waals surface area (Å²) < 4.78 is 51.8. The minimum absolute atomic E-state index is 0.0535. The zero-order valence-corrected chi connectivity index (χ0v) is 25.0. The maximum atomic E-state index is 11.5. The van der Waals surface area contributed by atoms with Crippen molar-refractivity contribution in [3.63, 3.8) is 0 Å². The molecule has 0 aliphatic carbocycles. The van der Waals surface area contributed by atoms with Crippen LogP contribution >= 0.6 is 30.4 Å². The van der Waals surface area contributed by atoms with E-state index in [-0.39, 0.29) is 25.6 Å². The van der Waals surface area contributed by atoms with Gasteiger partial charge in [-0.2, -0.15) is 0 Å². The lowest BCUT2D eigenvalue weighted by atomic mass is 9.80. The summed E-state index contributed by atoms with van der Waals surface area (Å²) in [4.78, 5) is 76.2. The van der Waals surface area contributed by atoms with Crippen LogP contribution in [0.25, 0.3) is 0 Å². The fourth-order valence-corrected chi connectivity index (χ4v) is 6.62. The highest BCUT2D eigenvalue weighted by Crippen LogP contribution is 2.44. The molecule has 0 aromatic carbocycles. The molecule has 0 aliphatic heterocycles. The van der Waals surface area contributed by atoms with Gasteiger partial charge in [-0.1, -0.05) is 27.7 Å². The summed E-state index contributed by atoms with van der Waals surface area (Å²) >= 11 is 0. The minimum atomic E-state index is -4.59. The zero-order valence-electron chi connectivity index (χ0n) is 21.4. The fraction of sp³-hybridized carbons (Fsp3) is 1.00. The van der Waals surface area contributed by atoms with E-state index in [0.717, 1.165) is 9.80 Å². The van der Waals surface area contributed by atoms with E-state index < -0.39 is 72.5 Å². The topological polar surface area (TPSA) is 246 Å². The molecule has 0 bridgehead atoms. The van der Waals surface area contributed by atoms with Crippen molar-refractivity contribution in [3.8, 4) is 0 Å². The summed E-state index contributed by atoms with van der Waals surface area (Å²) in [5, 5.41) is 0. The molecule has 0 saturated heterocycles. The van der Waals surface area contributed by atoms with Crippen LogP contribution in [0.2, 0.25) is 0 Å². The van der Waals surface area contributed by atoms with Gasteiger partial charge < -0.3 is 43.9 Å². The Morgan fingerprint density at radius 3 is 1.31 bits per heavy atom. The van der Waals surface area contributed by atoms with E-state index in [2.05, 4.69) is 0 Å². The maximum absolute atomic E-state index is 11.5. The third kappa shape index (κ3) is 17.1. The highest BCUT2D eigenvalue weighted by molar-refractivity contribution is 7.53. The predicted octanol–water partition coefficient (Wildman–Crippen LogP) is 1.22. The summed E-state index contributed by atoms with van der Waals surface area (Å²) in [6.07, 6.45) is -3.33. The van der Waals surface area contributed by atoms with Gasteiger partial charge in [0, 0.05) is 13.1 Å². The van der Waals surface area contributed by atoms with Crippen LogP contribution in [-0.2, 0) is 23.0 Å². The van der Waals surface area contributed by atoms with E-state index in [1.807, 2.05) is 0 Å². The van der Waals surface area contributed by atoms with E-state index in [1.54, 1.807) is 41.5 Å². The molecule has 0 amide bonds. The van der Waals surface area contributed by atoms with Crippen molar-refractivity contribution in [3.05, 3.63) is 0 Å². The van der Waals surface area contributed by atoms with Crippen molar-refractivity contribution < 1.29 is 62.1 Å². The van der Waals surface area contributed by atoms with Crippen molar-refractivity contribution in [2.45, 2.75) is 47.1 Å². The number of rotatable bonds is 17. The summed E-state index contributed by atoms with van der Waals surface area (Å²) in [6.45, 7) is 10.4. The molecule has 0 aliphatic rings. The molecule has 8 N–H and O–H groups in total. The molecule has 0 spiro atoms. The summed E-state index contributed by atoms with van der Waals surface area (Å²) in [5.74, 6) is -0.715. The Bertz CT molecular complexity index is 843. The fourth-order valence-electron chi connectivity index (χ4n) is 3.39. The quantitative estimate of drug-likeness (QED) is 0.109. The Balaban J connectivity index is 5.37. The van der Waals surface area contributed by atoms with Gasteiger partial charge in [0.1, 0.15) is 25.1 Å². The minimum Gasteiger partial charge on any atom is -0.375 e. The second kappa shape index (κ2) is 13.2. The smallest absolute Gasteiger partial charge is 0.339 e. The Hall–Kier alpha value is 0.480. The Labute approximate surface area is 211 Å². The molecule has 0 radical (unpaired) electrons. The third-order valence-corrected chi connectivity index (χ3v) is 9.00. The van der Waals surface area contributed by atoms with Crippen molar-refractivity contribution in [1.82, 2.24) is 9.80 Å². The molecule has 36 heavy (non-hydrogen) atoms. The van der Waals surface area contributed by atoms with E-state index in [1.165, 1.54) is 0 Å². The highest BCUT2D eigenvalue weighted by Gasteiger charge is 2.37. The summed E-state index contributed by atoms with van der Waals surface area (Å²) in [5.41, 5.74) is -1.62. The van der Waals surface area contributed by atoms with Gasteiger partial charge in [0.05, 0.1) is 12.2 Å². The van der Waals surface area contributed by atoms with Crippen LogP contribution in [0.5, 0.6) is 0 Å². The van der Waals surface area contributed by atoms with Crippen LogP contribution in [-0.4, -0.2) is 99.4 Å². The Morgan fingerprint density at radius 2 is 0.972 bits per heavy atom. The standard InChI is InChI=1S/C17H42N2O13P4/c1-14(7-18(10-33(20,21)22)11-34(23,24)25)17(5,6)32-8-15(2)16(3,4)9-19(12-35(26,27)28)13-36(29,30)31/h14-15H,7-13H2,1-6H3,(H2,20,21,22)(H2,23,24,25)(H2,26,27,28)(H2,29,30,31). The van der Waals surface area contributed by atoms with Crippen LogP contribution in [0.15, 0.2) is 0 Å². The van der Waals surface area contributed by atoms with Crippen molar-refractivity contribution >= 4 is 30.4 Å². The first kappa shape index (κ1) is 36.5. The van der Waals surface area contributed by atoms with Gasteiger partial charge >= 0.3 is 30.4 Å². The van der Waals surface area contributed by atoms with Gasteiger partial charge in [-0.25, -0.2) is 0 Å². The SMILES string of the molecule is CC(COC(C)(C)C(C)CN(CP(=O)(O)O)CP(=O)(O)O)C(C)(C)CN(CP(=O)(O)O)CP(=O)(O)O. The van der Waals surface area contributed by atoms with Gasteiger partial charge in [-0.3, -0.25) is 28.1 Å². The lowest BCUT2D eigenvalue weighted by Gasteiger charge is -2.40.